The largest absolute Gasteiger partial charge is 0.364 e. The van der Waals surface area contributed by atoms with Gasteiger partial charge < -0.3 is 21.8 Å². The number of nitrogens with zero attached hydrogens (tertiary/aromatic N) is 4. The number of likely N-dealkylation sites (tertiary alicyclic amines) is 1. The van der Waals surface area contributed by atoms with Gasteiger partial charge in [0.2, 0.25) is 5.91 Å². The van der Waals surface area contributed by atoms with Crippen molar-refractivity contribution in [2.45, 2.75) is 45.1 Å². The summed E-state index contributed by atoms with van der Waals surface area (Å²) in [4.78, 5) is 48.3. The summed E-state index contributed by atoms with van der Waals surface area (Å²) in [6.07, 6.45) is 7.13. The molecular weight excluding hydrogens is 470 g/mol. The van der Waals surface area contributed by atoms with Crippen molar-refractivity contribution < 1.29 is 14.4 Å². The Morgan fingerprint density at radius 1 is 1.16 bits per heavy atom. The van der Waals surface area contributed by atoms with Crippen LogP contribution in [0, 0.1) is 0 Å². The lowest BCUT2D eigenvalue weighted by molar-refractivity contribution is -0.128. The third-order valence-corrected chi connectivity index (χ3v) is 6.58. The lowest BCUT2D eigenvalue weighted by Crippen LogP contribution is -2.36. The average molecular weight is 502 g/mol. The van der Waals surface area contributed by atoms with Gasteiger partial charge in [0.25, 0.3) is 11.8 Å². The van der Waals surface area contributed by atoms with Gasteiger partial charge in [-0.1, -0.05) is 38.5 Å². The van der Waals surface area contributed by atoms with E-state index in [2.05, 4.69) is 16.9 Å². The van der Waals surface area contributed by atoms with Crippen LogP contribution in [0.1, 0.15) is 70.9 Å². The van der Waals surface area contributed by atoms with Gasteiger partial charge in [0.15, 0.2) is 11.5 Å². The molecular formula is C27H31N7O3. The number of hydrogen-bond acceptors (Lipinski definition) is 6. The lowest BCUT2D eigenvalue weighted by Gasteiger charge is -2.28. The SMILES string of the molecule is C=CC(=O)N1CCCCC[C@H]1c1nc(-c2ccc(C(=O)Nc3cc(CC)ccn3)cc2)c(C(N)=O)n1N. The quantitative estimate of drug-likeness (QED) is 0.334. The van der Waals surface area contributed by atoms with Crippen LogP contribution in [-0.2, 0) is 11.2 Å². The molecule has 0 radical (unpaired) electrons. The molecule has 192 valence electrons. The highest BCUT2D eigenvalue weighted by molar-refractivity contribution is 6.04. The summed E-state index contributed by atoms with van der Waals surface area (Å²) >= 11 is 0. The standard InChI is InChI=1S/C27H31N7O3/c1-3-17-13-14-30-21(16-17)31-27(37)19-11-9-18(10-12-19)23-24(25(28)36)34(29)26(32-23)20-8-6-5-7-15-33(20)22(35)4-2/h4,9-14,16,20H,2-3,5-8,15,29H2,1H3,(H2,28,36)(H,30,31,37)/t20-/m0/s1. The van der Waals surface area contributed by atoms with Crippen LogP contribution >= 0.6 is 0 Å². The Morgan fingerprint density at radius 2 is 1.92 bits per heavy atom. The molecule has 5 N–H and O–H groups in total. The summed E-state index contributed by atoms with van der Waals surface area (Å²) in [6, 6.07) is 9.94. The van der Waals surface area contributed by atoms with Crippen LogP contribution in [0.5, 0.6) is 0 Å². The van der Waals surface area contributed by atoms with E-state index in [0.717, 1.165) is 31.2 Å². The van der Waals surface area contributed by atoms with Crippen molar-refractivity contribution in [3.63, 3.8) is 0 Å². The predicted molar refractivity (Wildman–Crippen MR) is 141 cm³/mol. The van der Waals surface area contributed by atoms with E-state index in [4.69, 9.17) is 16.6 Å². The first-order chi connectivity index (χ1) is 17.8. The van der Waals surface area contributed by atoms with E-state index >= 15 is 0 Å². The number of rotatable bonds is 7. The maximum atomic E-state index is 12.8. The van der Waals surface area contributed by atoms with Crippen LogP contribution in [0.2, 0.25) is 0 Å². The lowest BCUT2D eigenvalue weighted by atomic mass is 10.1. The minimum Gasteiger partial charge on any atom is -0.364 e. The zero-order valence-electron chi connectivity index (χ0n) is 20.8. The fourth-order valence-corrected chi connectivity index (χ4v) is 4.61. The first-order valence-corrected chi connectivity index (χ1v) is 12.3. The highest BCUT2D eigenvalue weighted by atomic mass is 16.2. The highest BCUT2D eigenvalue weighted by Crippen LogP contribution is 2.33. The number of aryl methyl sites for hydroxylation is 1. The number of nitrogens with two attached hydrogens (primary N) is 2. The Kier molecular flexibility index (Phi) is 7.66. The van der Waals surface area contributed by atoms with E-state index in [0.29, 0.717) is 41.4 Å². The van der Waals surface area contributed by atoms with E-state index in [9.17, 15) is 14.4 Å². The molecule has 1 saturated heterocycles. The Balaban J connectivity index is 1.65. The van der Waals surface area contributed by atoms with Crippen molar-refractivity contribution >= 4 is 23.5 Å². The van der Waals surface area contributed by atoms with Gasteiger partial charge in [0, 0.05) is 23.9 Å². The van der Waals surface area contributed by atoms with Gasteiger partial charge in [-0.15, -0.1) is 0 Å². The van der Waals surface area contributed by atoms with Crippen LogP contribution < -0.4 is 16.9 Å². The molecule has 0 spiro atoms. The summed E-state index contributed by atoms with van der Waals surface area (Å²) in [5.41, 5.74) is 8.05. The van der Waals surface area contributed by atoms with Crippen LogP contribution in [-0.4, -0.2) is 43.8 Å². The number of pyridine rings is 1. The third-order valence-electron chi connectivity index (χ3n) is 6.58. The van der Waals surface area contributed by atoms with E-state index in [-0.39, 0.29) is 17.5 Å². The van der Waals surface area contributed by atoms with Crippen molar-refractivity contribution in [1.82, 2.24) is 19.5 Å². The molecule has 0 bridgehead atoms. The van der Waals surface area contributed by atoms with Crippen molar-refractivity contribution in [2.75, 3.05) is 17.7 Å². The Morgan fingerprint density at radius 3 is 2.59 bits per heavy atom. The van der Waals surface area contributed by atoms with Gasteiger partial charge >= 0.3 is 0 Å². The molecule has 2 aromatic heterocycles. The molecule has 1 aliphatic rings. The minimum absolute atomic E-state index is 0.0306. The van der Waals surface area contributed by atoms with E-state index in [1.54, 1.807) is 35.4 Å². The second kappa shape index (κ2) is 11.1. The molecule has 1 aromatic carbocycles. The molecule has 1 aliphatic heterocycles. The third kappa shape index (κ3) is 5.37. The first-order valence-electron chi connectivity index (χ1n) is 12.3. The summed E-state index contributed by atoms with van der Waals surface area (Å²) in [5, 5.41) is 2.80. The van der Waals surface area contributed by atoms with Gasteiger partial charge in [-0.25, -0.2) is 14.6 Å². The molecule has 4 rings (SSSR count). The molecule has 10 heteroatoms. The fourth-order valence-electron chi connectivity index (χ4n) is 4.61. The molecule has 1 atom stereocenters. The number of imidazole rings is 1. The van der Waals surface area contributed by atoms with Gasteiger partial charge in [-0.2, -0.15) is 0 Å². The van der Waals surface area contributed by atoms with Gasteiger partial charge in [0.05, 0.1) is 6.04 Å². The molecule has 1 fully saturated rings. The second-order valence-corrected chi connectivity index (χ2v) is 8.94. The fraction of sp³-hybridized carbons (Fsp3) is 0.296. The monoisotopic (exact) mass is 501 g/mol. The highest BCUT2D eigenvalue weighted by Gasteiger charge is 2.32. The van der Waals surface area contributed by atoms with Crippen molar-refractivity contribution in [1.29, 1.82) is 0 Å². The number of amides is 3. The smallest absolute Gasteiger partial charge is 0.269 e. The Hall–Kier alpha value is -4.47. The van der Waals surface area contributed by atoms with E-state index in [1.165, 1.54) is 10.8 Å². The maximum Gasteiger partial charge on any atom is 0.269 e. The summed E-state index contributed by atoms with van der Waals surface area (Å²) in [7, 11) is 0. The van der Waals surface area contributed by atoms with E-state index in [1.807, 2.05) is 19.1 Å². The Bertz CT molecular complexity index is 1330. The second-order valence-electron chi connectivity index (χ2n) is 8.94. The number of anilines is 1. The van der Waals surface area contributed by atoms with Crippen LogP contribution in [0.4, 0.5) is 5.82 Å². The molecule has 3 heterocycles. The maximum absolute atomic E-state index is 12.8. The summed E-state index contributed by atoms with van der Waals surface area (Å²) < 4.78 is 1.18. The average Bonchev–Trinajstić information content (AvgIpc) is 3.07. The number of nitrogen functional groups attached to an aromatic ring is 1. The van der Waals surface area contributed by atoms with Crippen LogP contribution in [0.3, 0.4) is 0 Å². The minimum atomic E-state index is -0.741. The normalized spacial score (nSPS) is 15.6. The van der Waals surface area contributed by atoms with Crippen LogP contribution in [0.25, 0.3) is 11.3 Å². The molecule has 0 unspecified atom stereocenters. The van der Waals surface area contributed by atoms with Crippen molar-refractivity contribution in [3.8, 4) is 11.3 Å². The number of carbonyl (C=O) groups is 3. The topological polar surface area (TPSA) is 149 Å². The molecule has 0 aliphatic carbocycles. The summed E-state index contributed by atoms with van der Waals surface area (Å²) in [6.45, 7) is 6.18. The number of aromatic nitrogens is 3. The van der Waals surface area contributed by atoms with Gasteiger partial charge in [-0.3, -0.25) is 14.4 Å². The molecule has 37 heavy (non-hydrogen) atoms. The zero-order chi connectivity index (χ0) is 26.5. The number of hydrogen-bond donors (Lipinski definition) is 3. The number of carbonyl (C=O) groups excluding carboxylic acids is 3. The number of nitrogens with one attached hydrogen (secondary N) is 1. The zero-order valence-corrected chi connectivity index (χ0v) is 20.8. The molecule has 3 amide bonds. The molecule has 0 saturated carbocycles. The molecule has 3 aromatic rings. The van der Waals surface area contributed by atoms with Gasteiger partial charge in [0.1, 0.15) is 11.5 Å². The Labute approximate surface area is 215 Å². The number of primary amides is 1. The number of benzene rings is 1. The first kappa shape index (κ1) is 25.6. The van der Waals surface area contributed by atoms with Crippen molar-refractivity contribution in [2.24, 2.45) is 5.73 Å². The van der Waals surface area contributed by atoms with Crippen molar-refractivity contribution in [3.05, 3.63) is 77.9 Å². The predicted octanol–water partition coefficient (Wildman–Crippen LogP) is 3.20. The molecule has 10 nitrogen and oxygen atoms in total. The summed E-state index contributed by atoms with van der Waals surface area (Å²) in [5.74, 6) is 5.91. The van der Waals surface area contributed by atoms with Gasteiger partial charge in [-0.05, 0) is 55.2 Å². The van der Waals surface area contributed by atoms with E-state index < -0.39 is 11.9 Å². The van der Waals surface area contributed by atoms with Crippen LogP contribution in [0.15, 0.2) is 55.3 Å².